The van der Waals surface area contributed by atoms with E-state index in [-0.39, 0.29) is 6.09 Å². The van der Waals surface area contributed by atoms with Gasteiger partial charge in [0, 0.05) is 32.7 Å². The second-order valence-electron chi connectivity index (χ2n) is 8.11. The summed E-state index contributed by atoms with van der Waals surface area (Å²) in [5.41, 5.74) is -0.432. The molecule has 0 bridgehead atoms. The molecule has 1 aliphatic rings. The van der Waals surface area contributed by atoms with Gasteiger partial charge in [-0.1, -0.05) is 0 Å². The van der Waals surface area contributed by atoms with Crippen LogP contribution in [0.15, 0.2) is 4.99 Å². The molecule has 1 unspecified atom stereocenters. The number of rotatable bonds is 9. The van der Waals surface area contributed by atoms with Crippen molar-refractivity contribution in [3.8, 4) is 0 Å². The van der Waals surface area contributed by atoms with Crippen LogP contribution in [0.5, 0.6) is 0 Å². The lowest BCUT2D eigenvalue weighted by atomic mass is 9.95. The molecule has 0 aliphatic carbocycles. The smallest absolute Gasteiger partial charge is 0.410 e. The van der Waals surface area contributed by atoms with Crippen LogP contribution in [0.4, 0.5) is 4.79 Å². The number of thioether (sulfide) groups is 1. The van der Waals surface area contributed by atoms with Crippen LogP contribution in [0, 0.1) is 5.92 Å². The second kappa shape index (κ2) is 13.1. The maximum Gasteiger partial charge on any atom is 0.410 e. The first-order chi connectivity index (χ1) is 12.9. The van der Waals surface area contributed by atoms with Gasteiger partial charge in [-0.3, -0.25) is 4.99 Å². The summed E-state index contributed by atoms with van der Waals surface area (Å²) in [5.74, 6) is 2.62. The molecule has 0 aromatic rings. The summed E-state index contributed by atoms with van der Waals surface area (Å²) in [5, 5.41) is 6.75. The van der Waals surface area contributed by atoms with E-state index in [1.807, 2.05) is 37.4 Å². The third-order valence-corrected chi connectivity index (χ3v) is 5.08. The van der Waals surface area contributed by atoms with Crippen molar-refractivity contribution in [2.75, 3.05) is 44.7 Å². The second-order valence-corrected chi connectivity index (χ2v) is 9.10. The van der Waals surface area contributed by atoms with Gasteiger partial charge in [-0.15, -0.1) is 0 Å². The first-order valence-electron chi connectivity index (χ1n) is 10.3. The average Bonchev–Trinajstić information content (AvgIpc) is 2.60. The largest absolute Gasteiger partial charge is 0.444 e. The Kier molecular flexibility index (Phi) is 11.6. The Morgan fingerprint density at radius 2 is 2.07 bits per heavy atom. The van der Waals surface area contributed by atoms with Crippen LogP contribution in [0.3, 0.4) is 0 Å². The zero-order valence-corrected chi connectivity index (χ0v) is 18.8. The number of hydrogen-bond acceptors (Lipinski definition) is 4. The first-order valence-corrected chi connectivity index (χ1v) is 11.7. The number of aliphatic imine (C=N–C) groups is 1. The molecule has 1 heterocycles. The zero-order valence-electron chi connectivity index (χ0n) is 18.0. The molecule has 0 aromatic heterocycles. The van der Waals surface area contributed by atoms with Crippen molar-refractivity contribution < 1.29 is 9.53 Å². The quantitative estimate of drug-likeness (QED) is 0.351. The molecule has 0 radical (unpaired) electrons. The molecule has 1 fully saturated rings. The van der Waals surface area contributed by atoms with Crippen LogP contribution in [0.25, 0.3) is 0 Å². The van der Waals surface area contributed by atoms with Gasteiger partial charge in [0.15, 0.2) is 5.96 Å². The Morgan fingerprint density at radius 1 is 1.30 bits per heavy atom. The molecule has 1 saturated heterocycles. The molecular formula is C20H40N4O2S. The molecular weight excluding hydrogens is 360 g/mol. The zero-order chi connectivity index (χ0) is 20.1. The minimum absolute atomic E-state index is 0.180. The van der Waals surface area contributed by atoms with E-state index in [0.29, 0.717) is 5.92 Å². The molecule has 6 nitrogen and oxygen atoms in total. The number of carbonyl (C=O) groups is 1. The topological polar surface area (TPSA) is 66.0 Å². The van der Waals surface area contributed by atoms with Crippen molar-refractivity contribution in [3.63, 3.8) is 0 Å². The van der Waals surface area contributed by atoms with Crippen LogP contribution in [-0.2, 0) is 4.74 Å². The Balaban J connectivity index is 2.35. The monoisotopic (exact) mass is 400 g/mol. The highest BCUT2D eigenvalue weighted by molar-refractivity contribution is 7.98. The van der Waals surface area contributed by atoms with Crippen LogP contribution >= 0.6 is 11.8 Å². The van der Waals surface area contributed by atoms with Crippen molar-refractivity contribution in [1.82, 2.24) is 15.5 Å². The lowest BCUT2D eigenvalue weighted by Gasteiger charge is -2.34. The number of piperidine rings is 1. The third-order valence-electron chi connectivity index (χ3n) is 4.39. The Labute approximate surface area is 170 Å². The highest BCUT2D eigenvalue weighted by Crippen LogP contribution is 2.21. The predicted molar refractivity (Wildman–Crippen MR) is 117 cm³/mol. The van der Waals surface area contributed by atoms with E-state index in [9.17, 15) is 4.79 Å². The van der Waals surface area contributed by atoms with Gasteiger partial charge in [0.25, 0.3) is 0 Å². The van der Waals surface area contributed by atoms with E-state index in [0.717, 1.165) is 57.9 Å². The highest BCUT2D eigenvalue weighted by atomic mass is 32.2. The maximum atomic E-state index is 12.3. The minimum atomic E-state index is -0.432. The van der Waals surface area contributed by atoms with Crippen molar-refractivity contribution >= 4 is 23.8 Å². The number of hydrogen-bond donors (Lipinski definition) is 2. The first kappa shape index (κ1) is 23.9. The molecule has 0 spiro atoms. The van der Waals surface area contributed by atoms with Gasteiger partial charge in [0.2, 0.25) is 0 Å². The van der Waals surface area contributed by atoms with Crippen molar-refractivity contribution in [3.05, 3.63) is 0 Å². The van der Waals surface area contributed by atoms with Crippen molar-refractivity contribution in [2.45, 2.75) is 65.4 Å². The molecule has 2 N–H and O–H groups in total. The van der Waals surface area contributed by atoms with E-state index in [1.54, 1.807) is 0 Å². The fraction of sp³-hybridized carbons (Fsp3) is 0.900. The molecule has 1 aliphatic heterocycles. The Bertz CT molecular complexity index is 452. The lowest BCUT2D eigenvalue weighted by Crippen LogP contribution is -2.44. The Morgan fingerprint density at radius 3 is 2.74 bits per heavy atom. The van der Waals surface area contributed by atoms with Gasteiger partial charge in [0.05, 0.1) is 0 Å². The van der Waals surface area contributed by atoms with Crippen molar-refractivity contribution in [2.24, 2.45) is 10.9 Å². The third kappa shape index (κ3) is 11.4. The normalized spacial score (nSPS) is 18.3. The molecule has 158 valence electrons. The van der Waals surface area contributed by atoms with Gasteiger partial charge in [-0.2, -0.15) is 11.8 Å². The highest BCUT2D eigenvalue weighted by Gasteiger charge is 2.27. The molecule has 1 atom stereocenters. The van der Waals surface area contributed by atoms with Gasteiger partial charge in [-0.25, -0.2) is 4.79 Å². The minimum Gasteiger partial charge on any atom is -0.444 e. The summed E-state index contributed by atoms with van der Waals surface area (Å²) in [6.07, 6.45) is 7.56. The van der Waals surface area contributed by atoms with Crippen molar-refractivity contribution in [1.29, 1.82) is 0 Å². The number of nitrogens with zero attached hydrogens (tertiary/aromatic N) is 2. The fourth-order valence-electron chi connectivity index (χ4n) is 3.08. The number of unbranched alkanes of at least 4 members (excludes halogenated alkanes) is 1. The van der Waals surface area contributed by atoms with E-state index in [4.69, 9.17) is 4.74 Å². The number of ether oxygens (including phenoxy) is 1. The molecule has 0 aromatic carbocycles. The number of likely N-dealkylation sites (tertiary alicyclic amines) is 1. The number of nitrogens with one attached hydrogen (secondary N) is 2. The van der Waals surface area contributed by atoms with E-state index in [1.165, 1.54) is 18.6 Å². The average molecular weight is 401 g/mol. The van der Waals surface area contributed by atoms with Gasteiger partial charge in [-0.05, 0) is 77.7 Å². The SMILES string of the molecule is CCNC(=NCCCCSC)NCCC1CCCN(C(=O)OC(C)(C)C)C1. The summed E-state index contributed by atoms with van der Waals surface area (Å²) >= 11 is 1.89. The van der Waals surface area contributed by atoms with Crippen LogP contribution < -0.4 is 10.6 Å². The summed E-state index contributed by atoms with van der Waals surface area (Å²) in [6, 6.07) is 0. The lowest BCUT2D eigenvalue weighted by molar-refractivity contribution is 0.0162. The molecule has 0 saturated carbocycles. The summed E-state index contributed by atoms with van der Waals surface area (Å²) in [7, 11) is 0. The number of guanidine groups is 1. The standard InChI is InChI=1S/C20H40N4O2S/c1-6-21-18(22-12-7-8-15-27-5)23-13-11-17-10-9-14-24(16-17)19(25)26-20(2,3)4/h17H,6-16H2,1-5H3,(H2,21,22,23). The van der Waals surface area contributed by atoms with Gasteiger partial charge in [0.1, 0.15) is 5.60 Å². The fourth-order valence-corrected chi connectivity index (χ4v) is 3.57. The molecule has 27 heavy (non-hydrogen) atoms. The number of carbonyl (C=O) groups excluding carboxylic acids is 1. The van der Waals surface area contributed by atoms with Gasteiger partial charge < -0.3 is 20.3 Å². The summed E-state index contributed by atoms with van der Waals surface area (Å²) < 4.78 is 5.51. The van der Waals surface area contributed by atoms with Gasteiger partial charge >= 0.3 is 6.09 Å². The van der Waals surface area contributed by atoms with Crippen LogP contribution in [0.1, 0.15) is 59.8 Å². The number of amides is 1. The predicted octanol–water partition coefficient (Wildman–Crippen LogP) is 3.72. The molecule has 7 heteroatoms. The van der Waals surface area contributed by atoms with E-state index < -0.39 is 5.60 Å². The van der Waals surface area contributed by atoms with E-state index in [2.05, 4.69) is 28.8 Å². The summed E-state index contributed by atoms with van der Waals surface area (Å²) in [6.45, 7) is 12.0. The molecule has 1 amide bonds. The summed E-state index contributed by atoms with van der Waals surface area (Å²) in [4.78, 5) is 18.8. The van der Waals surface area contributed by atoms with Crippen LogP contribution in [-0.4, -0.2) is 67.3 Å². The van der Waals surface area contributed by atoms with Crippen LogP contribution in [0.2, 0.25) is 0 Å². The maximum absolute atomic E-state index is 12.3. The van der Waals surface area contributed by atoms with E-state index >= 15 is 0 Å². The molecule has 1 rings (SSSR count). The Hall–Kier alpha value is -1.11.